The van der Waals surface area contributed by atoms with E-state index in [9.17, 15) is 4.79 Å². The van der Waals surface area contributed by atoms with Crippen LogP contribution in [0.1, 0.15) is 12.8 Å². The van der Waals surface area contributed by atoms with Crippen molar-refractivity contribution in [2.75, 3.05) is 13.7 Å². The number of amides is 1. The second-order valence-electron chi connectivity index (χ2n) is 4.40. The fourth-order valence-electron chi connectivity index (χ4n) is 2.98. The molecule has 0 bridgehead atoms. The van der Waals surface area contributed by atoms with Crippen molar-refractivity contribution in [1.82, 2.24) is 4.90 Å². The lowest BCUT2D eigenvalue weighted by molar-refractivity contribution is -0.175. The molecule has 0 radical (unpaired) electrons. The quantitative estimate of drug-likeness (QED) is 0.474. The van der Waals surface area contributed by atoms with Crippen LogP contribution in [-0.2, 0) is 9.53 Å². The average molecular weight is 205 g/mol. The summed E-state index contributed by atoms with van der Waals surface area (Å²) in [7, 11) is 1.63. The van der Waals surface area contributed by atoms with Crippen LogP contribution in [0.5, 0.6) is 0 Å². The fourth-order valence-corrected chi connectivity index (χ4v) is 2.98. The lowest BCUT2D eigenvalue weighted by Gasteiger charge is -2.53. The van der Waals surface area contributed by atoms with Gasteiger partial charge in [-0.25, -0.2) is 0 Å². The minimum Gasteiger partial charge on any atom is -0.369 e. The van der Waals surface area contributed by atoms with Gasteiger partial charge in [0.1, 0.15) is 0 Å². The molecule has 2 aliphatic heterocycles. The lowest BCUT2D eigenvalue weighted by Crippen LogP contribution is -2.70. The van der Waals surface area contributed by atoms with Crippen LogP contribution in [0.2, 0.25) is 0 Å². The Balaban J connectivity index is 1.89. The first-order valence-electron chi connectivity index (χ1n) is 5.52. The first kappa shape index (κ1) is 9.16. The van der Waals surface area contributed by atoms with Crippen LogP contribution < -0.4 is 0 Å². The first-order valence-corrected chi connectivity index (χ1v) is 5.52. The summed E-state index contributed by atoms with van der Waals surface area (Å²) in [5.41, 5.74) is 1.49. The van der Waals surface area contributed by atoms with Crippen LogP contribution in [0, 0.1) is 5.92 Å². The molecule has 1 aliphatic carbocycles. The van der Waals surface area contributed by atoms with Gasteiger partial charge >= 0.3 is 0 Å². The number of ether oxygens (including phenoxy) is 1. The predicted octanol–water partition coefficient (Wildman–Crippen LogP) is 1.12. The van der Waals surface area contributed by atoms with E-state index in [2.05, 4.69) is 18.2 Å². The molecule has 0 aromatic rings. The van der Waals surface area contributed by atoms with Crippen molar-refractivity contribution >= 4 is 5.91 Å². The molecule has 3 heteroatoms. The second kappa shape index (κ2) is 3.20. The van der Waals surface area contributed by atoms with E-state index in [0.717, 1.165) is 19.4 Å². The van der Waals surface area contributed by atoms with Gasteiger partial charge in [0.15, 0.2) is 6.10 Å². The number of methoxy groups -OCH3 is 1. The Bertz CT molecular complexity index is 351. The van der Waals surface area contributed by atoms with Gasteiger partial charge < -0.3 is 9.64 Å². The molecule has 2 heterocycles. The zero-order valence-corrected chi connectivity index (χ0v) is 8.85. The molecule has 1 amide bonds. The summed E-state index contributed by atoms with van der Waals surface area (Å²) in [6.45, 7) is 0.875. The maximum atomic E-state index is 11.7. The van der Waals surface area contributed by atoms with Crippen LogP contribution in [-0.4, -0.2) is 36.6 Å². The van der Waals surface area contributed by atoms with Crippen LogP contribution in [0.15, 0.2) is 23.8 Å². The highest BCUT2D eigenvalue weighted by Crippen LogP contribution is 2.40. The molecule has 0 unspecified atom stereocenters. The molecule has 2 fully saturated rings. The zero-order chi connectivity index (χ0) is 10.4. The number of hydrogen-bond donors (Lipinski definition) is 0. The van der Waals surface area contributed by atoms with E-state index in [4.69, 9.17) is 4.74 Å². The van der Waals surface area contributed by atoms with Crippen molar-refractivity contribution in [3.63, 3.8) is 0 Å². The summed E-state index contributed by atoms with van der Waals surface area (Å²) in [5.74, 6) is 0.579. The molecule has 0 saturated carbocycles. The van der Waals surface area contributed by atoms with Crippen molar-refractivity contribution in [1.29, 1.82) is 0 Å². The van der Waals surface area contributed by atoms with Crippen LogP contribution in [0.3, 0.4) is 0 Å². The Hall–Kier alpha value is -1.09. The molecular formula is C12H15NO2. The summed E-state index contributed by atoms with van der Waals surface area (Å²) < 4.78 is 5.26. The topological polar surface area (TPSA) is 29.5 Å². The fraction of sp³-hybridized carbons (Fsp3) is 0.583. The summed E-state index contributed by atoms with van der Waals surface area (Å²) in [6.07, 6.45) is 8.61. The highest BCUT2D eigenvalue weighted by Gasteiger charge is 2.53. The maximum Gasteiger partial charge on any atom is 0.254 e. The average Bonchev–Trinajstić information content (AvgIpc) is 2.28. The third-order valence-corrected chi connectivity index (χ3v) is 3.75. The van der Waals surface area contributed by atoms with Gasteiger partial charge in [-0.1, -0.05) is 23.8 Å². The molecule has 0 aromatic carbocycles. The Morgan fingerprint density at radius 2 is 2.40 bits per heavy atom. The molecule has 3 nitrogen and oxygen atoms in total. The van der Waals surface area contributed by atoms with E-state index >= 15 is 0 Å². The van der Waals surface area contributed by atoms with Crippen LogP contribution in [0.25, 0.3) is 0 Å². The summed E-state index contributed by atoms with van der Waals surface area (Å²) in [6, 6.07) is 0.263. The first-order chi connectivity index (χ1) is 7.33. The lowest BCUT2D eigenvalue weighted by atomic mass is 9.74. The Labute approximate surface area is 89.4 Å². The van der Waals surface area contributed by atoms with Crippen molar-refractivity contribution in [2.24, 2.45) is 5.92 Å². The third-order valence-electron chi connectivity index (χ3n) is 3.75. The standard InChI is InChI=1S/C12H15NO2/c1-15-11-10-9-5-3-2-4-8(9)6-7-13(10)12(11)14/h3-5,9-11H,2,6-7H2,1H3/t9-,10-,11+/m0/s1. The van der Waals surface area contributed by atoms with Gasteiger partial charge in [-0.05, 0) is 12.8 Å². The molecular weight excluding hydrogens is 190 g/mol. The van der Waals surface area contributed by atoms with E-state index in [1.807, 2.05) is 4.90 Å². The molecule has 0 aromatic heterocycles. The highest BCUT2D eigenvalue weighted by atomic mass is 16.5. The largest absolute Gasteiger partial charge is 0.369 e. The minimum absolute atomic E-state index is 0.167. The van der Waals surface area contributed by atoms with Gasteiger partial charge in [0.05, 0.1) is 6.04 Å². The normalized spacial score (nSPS) is 37.9. The van der Waals surface area contributed by atoms with E-state index in [1.165, 1.54) is 5.57 Å². The van der Waals surface area contributed by atoms with Crippen LogP contribution in [0.4, 0.5) is 0 Å². The molecule has 0 spiro atoms. The SMILES string of the molecule is CO[C@H]1C(=O)N2CCC3=CCC=C[C@@H]3[C@@H]12. The van der Waals surface area contributed by atoms with Crippen molar-refractivity contribution in [3.8, 4) is 0 Å². The Morgan fingerprint density at radius 1 is 1.53 bits per heavy atom. The molecule has 3 rings (SSSR count). The van der Waals surface area contributed by atoms with Gasteiger partial charge in [0.2, 0.25) is 0 Å². The molecule has 80 valence electrons. The summed E-state index contributed by atoms with van der Waals surface area (Å²) in [4.78, 5) is 13.6. The smallest absolute Gasteiger partial charge is 0.254 e. The number of carbonyl (C=O) groups is 1. The van der Waals surface area contributed by atoms with Crippen molar-refractivity contribution < 1.29 is 9.53 Å². The van der Waals surface area contributed by atoms with Gasteiger partial charge in [-0.3, -0.25) is 4.79 Å². The van der Waals surface area contributed by atoms with Gasteiger partial charge in [0, 0.05) is 19.6 Å². The summed E-state index contributed by atoms with van der Waals surface area (Å²) in [5, 5.41) is 0. The summed E-state index contributed by atoms with van der Waals surface area (Å²) >= 11 is 0. The zero-order valence-electron chi connectivity index (χ0n) is 8.85. The number of β-lactam (4-membered cyclic amide) rings is 1. The van der Waals surface area contributed by atoms with E-state index in [1.54, 1.807) is 7.11 Å². The number of hydrogen-bond acceptors (Lipinski definition) is 2. The van der Waals surface area contributed by atoms with E-state index in [-0.39, 0.29) is 18.1 Å². The molecule has 3 atom stereocenters. The third kappa shape index (κ3) is 1.13. The van der Waals surface area contributed by atoms with Crippen molar-refractivity contribution in [3.05, 3.63) is 23.8 Å². The number of piperidine rings is 1. The van der Waals surface area contributed by atoms with E-state index < -0.39 is 0 Å². The number of nitrogens with zero attached hydrogens (tertiary/aromatic N) is 1. The predicted molar refractivity (Wildman–Crippen MR) is 56.2 cm³/mol. The monoisotopic (exact) mass is 205 g/mol. The number of rotatable bonds is 1. The number of allylic oxidation sites excluding steroid dienone is 2. The van der Waals surface area contributed by atoms with E-state index in [0.29, 0.717) is 5.92 Å². The second-order valence-corrected chi connectivity index (χ2v) is 4.40. The van der Waals surface area contributed by atoms with Gasteiger partial charge in [-0.2, -0.15) is 0 Å². The number of carbonyl (C=O) groups excluding carboxylic acids is 1. The molecule has 15 heavy (non-hydrogen) atoms. The van der Waals surface area contributed by atoms with Crippen LogP contribution >= 0.6 is 0 Å². The maximum absolute atomic E-state index is 11.7. The number of fused-ring (bicyclic) bond motifs is 3. The Morgan fingerprint density at radius 3 is 3.20 bits per heavy atom. The molecule has 3 aliphatic rings. The molecule has 0 N–H and O–H groups in total. The Kier molecular flexibility index (Phi) is 1.96. The van der Waals surface area contributed by atoms with Gasteiger partial charge in [0.25, 0.3) is 5.91 Å². The highest BCUT2D eigenvalue weighted by molar-refractivity contribution is 5.89. The minimum atomic E-state index is -0.207. The van der Waals surface area contributed by atoms with Gasteiger partial charge in [-0.15, -0.1) is 0 Å². The van der Waals surface area contributed by atoms with Crippen molar-refractivity contribution in [2.45, 2.75) is 25.0 Å². The molecule has 2 saturated heterocycles.